The average Bonchev–Trinajstić information content (AvgIpc) is 2.68. The second-order valence-corrected chi connectivity index (χ2v) is 5.82. The molecule has 8 heteroatoms. The fourth-order valence-corrected chi connectivity index (χ4v) is 2.46. The van der Waals surface area contributed by atoms with Crippen molar-refractivity contribution in [3.05, 3.63) is 70.5 Å². The summed E-state index contributed by atoms with van der Waals surface area (Å²) in [7, 11) is 0. The molecule has 3 rings (SSSR count). The minimum Gasteiger partial charge on any atom is -0.442 e. The number of hydrogen-bond donors (Lipinski definition) is 1. The normalized spacial score (nSPS) is 10.5. The molecule has 1 aromatic heterocycles. The van der Waals surface area contributed by atoms with Crippen molar-refractivity contribution in [2.75, 3.05) is 6.54 Å². The molecule has 2 aromatic carbocycles. The molecule has 8 nitrogen and oxygen atoms in total. The van der Waals surface area contributed by atoms with E-state index in [1.165, 1.54) is 0 Å². The Kier molecular flexibility index (Phi) is 5.88. The van der Waals surface area contributed by atoms with Crippen LogP contribution in [0, 0.1) is 0 Å². The number of aromatic nitrogens is 3. The van der Waals surface area contributed by atoms with Crippen molar-refractivity contribution in [1.82, 2.24) is 20.3 Å². The molecule has 0 aliphatic heterocycles. The van der Waals surface area contributed by atoms with Crippen LogP contribution in [-0.2, 0) is 27.5 Å². The maximum atomic E-state index is 12.2. The maximum absolute atomic E-state index is 12.2. The minimum atomic E-state index is -0.545. The van der Waals surface area contributed by atoms with Crippen molar-refractivity contribution in [1.29, 1.82) is 0 Å². The van der Waals surface area contributed by atoms with E-state index in [2.05, 4.69) is 15.6 Å². The molecule has 0 fully saturated rings. The Labute approximate surface area is 154 Å². The number of rotatable bonds is 7. The molecule has 0 unspecified atom stereocenters. The third-order valence-corrected chi connectivity index (χ3v) is 3.84. The predicted molar refractivity (Wildman–Crippen MR) is 97.7 cm³/mol. The molecule has 0 radical (unpaired) electrons. The summed E-state index contributed by atoms with van der Waals surface area (Å²) in [5, 5.41) is 10.7. The fraction of sp³-hybridized carbons (Fsp3) is 0.211. The van der Waals surface area contributed by atoms with Crippen LogP contribution >= 0.6 is 0 Å². The summed E-state index contributed by atoms with van der Waals surface area (Å²) < 4.78 is 6.01. The molecule has 0 spiro atoms. The van der Waals surface area contributed by atoms with Gasteiger partial charge in [-0.15, -0.1) is 5.10 Å². The third-order valence-electron chi connectivity index (χ3n) is 3.84. The van der Waals surface area contributed by atoms with Crippen LogP contribution in [0.4, 0.5) is 0 Å². The average molecular weight is 366 g/mol. The van der Waals surface area contributed by atoms with Crippen LogP contribution in [0.25, 0.3) is 10.9 Å². The number of ether oxygens (including phenoxy) is 1. The number of hydrogen-bond acceptors (Lipinski definition) is 6. The highest BCUT2D eigenvalue weighted by Crippen LogP contribution is 2.03. The Balaban J connectivity index is 1.44. The van der Waals surface area contributed by atoms with Gasteiger partial charge in [0.1, 0.15) is 5.52 Å². The van der Waals surface area contributed by atoms with E-state index >= 15 is 0 Å². The maximum Gasteiger partial charge on any atom is 0.309 e. The molecule has 0 saturated heterocycles. The van der Waals surface area contributed by atoms with E-state index in [9.17, 15) is 14.4 Å². The van der Waals surface area contributed by atoms with Gasteiger partial charge in [0, 0.05) is 6.54 Å². The highest BCUT2D eigenvalue weighted by atomic mass is 16.5. The zero-order valence-corrected chi connectivity index (χ0v) is 14.5. The summed E-state index contributed by atoms with van der Waals surface area (Å²) >= 11 is 0. The van der Waals surface area contributed by atoms with E-state index in [0.29, 0.717) is 10.9 Å². The highest BCUT2D eigenvalue weighted by molar-refractivity contribution is 5.79. The lowest BCUT2D eigenvalue weighted by Gasteiger charge is -2.07. The van der Waals surface area contributed by atoms with Gasteiger partial charge in [-0.05, 0) is 17.7 Å². The smallest absolute Gasteiger partial charge is 0.309 e. The van der Waals surface area contributed by atoms with Crippen molar-refractivity contribution in [2.24, 2.45) is 0 Å². The van der Waals surface area contributed by atoms with Gasteiger partial charge in [0.15, 0.2) is 6.73 Å². The largest absolute Gasteiger partial charge is 0.442 e. The van der Waals surface area contributed by atoms with Crippen molar-refractivity contribution in [3.63, 3.8) is 0 Å². The second kappa shape index (κ2) is 8.70. The van der Waals surface area contributed by atoms with Gasteiger partial charge in [0.2, 0.25) is 5.91 Å². The summed E-state index contributed by atoms with van der Waals surface area (Å²) in [6, 6.07) is 16.1. The molecule has 27 heavy (non-hydrogen) atoms. The molecule has 1 amide bonds. The molecular weight excluding hydrogens is 348 g/mol. The van der Waals surface area contributed by atoms with Crippen LogP contribution in [0.1, 0.15) is 12.0 Å². The van der Waals surface area contributed by atoms with Crippen molar-refractivity contribution in [2.45, 2.75) is 19.6 Å². The zero-order chi connectivity index (χ0) is 19.1. The SMILES string of the molecule is O=C(Cc1ccccc1)NCCC(=O)OCn1nnc2ccccc2c1=O. The lowest BCUT2D eigenvalue weighted by Crippen LogP contribution is -2.29. The van der Waals surface area contributed by atoms with E-state index in [-0.39, 0.29) is 37.6 Å². The molecule has 0 aliphatic carbocycles. The van der Waals surface area contributed by atoms with Gasteiger partial charge in [0.25, 0.3) is 5.56 Å². The van der Waals surface area contributed by atoms with Crippen molar-refractivity contribution in [3.8, 4) is 0 Å². The first kappa shape index (κ1) is 18.2. The summed E-state index contributed by atoms with van der Waals surface area (Å²) in [5.41, 5.74) is 0.989. The predicted octanol–water partition coefficient (Wildman–Crippen LogP) is 1.04. The number of benzene rings is 2. The first-order valence-electron chi connectivity index (χ1n) is 8.42. The van der Waals surface area contributed by atoms with Crippen LogP contribution in [-0.4, -0.2) is 33.4 Å². The molecular formula is C19H18N4O4. The van der Waals surface area contributed by atoms with E-state index in [1.54, 1.807) is 24.3 Å². The van der Waals surface area contributed by atoms with Crippen LogP contribution in [0.2, 0.25) is 0 Å². The number of nitrogens with zero attached hydrogens (tertiary/aromatic N) is 3. The Morgan fingerprint density at radius 3 is 2.59 bits per heavy atom. The van der Waals surface area contributed by atoms with Crippen molar-refractivity contribution >= 4 is 22.8 Å². The van der Waals surface area contributed by atoms with Crippen LogP contribution < -0.4 is 10.9 Å². The van der Waals surface area contributed by atoms with Crippen LogP contribution in [0.3, 0.4) is 0 Å². The van der Waals surface area contributed by atoms with Gasteiger partial charge in [-0.2, -0.15) is 4.68 Å². The van der Waals surface area contributed by atoms with Crippen LogP contribution in [0.15, 0.2) is 59.4 Å². The van der Waals surface area contributed by atoms with Crippen molar-refractivity contribution < 1.29 is 14.3 Å². The lowest BCUT2D eigenvalue weighted by atomic mass is 10.1. The summed E-state index contributed by atoms with van der Waals surface area (Å²) in [6.07, 6.45) is 0.244. The number of carbonyl (C=O) groups excluding carboxylic acids is 2. The molecule has 0 atom stereocenters. The first-order chi connectivity index (χ1) is 13.1. The Bertz CT molecular complexity index is 1000. The number of amides is 1. The Hall–Kier alpha value is -3.55. The summed E-state index contributed by atoms with van der Waals surface area (Å²) in [5.74, 6) is -0.720. The highest BCUT2D eigenvalue weighted by Gasteiger charge is 2.09. The Morgan fingerprint density at radius 2 is 1.78 bits per heavy atom. The minimum absolute atomic E-state index is 0.00368. The summed E-state index contributed by atoms with van der Waals surface area (Å²) in [4.78, 5) is 35.8. The van der Waals surface area contributed by atoms with E-state index in [0.717, 1.165) is 10.2 Å². The fourth-order valence-electron chi connectivity index (χ4n) is 2.46. The molecule has 0 saturated carbocycles. The van der Waals surface area contributed by atoms with Crippen LogP contribution in [0.5, 0.6) is 0 Å². The monoisotopic (exact) mass is 366 g/mol. The standard InChI is InChI=1S/C19H18N4O4/c24-17(12-14-6-2-1-3-7-14)20-11-10-18(25)27-13-23-19(26)15-8-4-5-9-16(15)21-22-23/h1-9H,10-13H2,(H,20,24). The Morgan fingerprint density at radius 1 is 1.04 bits per heavy atom. The first-order valence-corrected chi connectivity index (χ1v) is 8.42. The van der Waals surface area contributed by atoms with E-state index in [4.69, 9.17) is 4.74 Å². The van der Waals surface area contributed by atoms with Gasteiger partial charge >= 0.3 is 5.97 Å². The third kappa shape index (κ3) is 4.97. The second-order valence-electron chi connectivity index (χ2n) is 5.82. The number of nitrogens with one attached hydrogen (secondary N) is 1. The molecule has 1 heterocycles. The molecule has 138 valence electrons. The number of fused-ring (bicyclic) bond motifs is 1. The molecule has 1 N–H and O–H groups in total. The van der Waals surface area contributed by atoms with Gasteiger partial charge in [-0.3, -0.25) is 14.4 Å². The number of carbonyl (C=O) groups is 2. The van der Waals surface area contributed by atoms with Gasteiger partial charge < -0.3 is 10.1 Å². The van der Waals surface area contributed by atoms with Gasteiger partial charge in [-0.25, -0.2) is 0 Å². The van der Waals surface area contributed by atoms with Gasteiger partial charge in [-0.1, -0.05) is 47.7 Å². The molecule has 0 bridgehead atoms. The lowest BCUT2D eigenvalue weighted by molar-refractivity contribution is -0.148. The van der Waals surface area contributed by atoms with E-state index in [1.807, 2.05) is 30.3 Å². The molecule has 3 aromatic rings. The zero-order valence-electron chi connectivity index (χ0n) is 14.5. The quantitative estimate of drug-likeness (QED) is 0.627. The van der Waals surface area contributed by atoms with Gasteiger partial charge in [0.05, 0.1) is 18.2 Å². The summed E-state index contributed by atoms with van der Waals surface area (Å²) in [6.45, 7) is -0.170. The topological polar surface area (TPSA) is 103 Å². The number of esters is 1. The van der Waals surface area contributed by atoms with E-state index < -0.39 is 5.97 Å². The molecule has 0 aliphatic rings.